The number of allylic oxidation sites excluding steroid dienone is 2. The molecule has 0 aromatic heterocycles. The second kappa shape index (κ2) is 3.65. The topological polar surface area (TPSA) is 55.3 Å². The van der Waals surface area contributed by atoms with Gasteiger partial charge in [0.15, 0.2) is 0 Å². The average molecular weight is 195 g/mol. The zero-order valence-electron chi connectivity index (χ0n) is 9.59. The van der Waals surface area contributed by atoms with Gasteiger partial charge in [0.2, 0.25) is 0 Å². The highest BCUT2D eigenvalue weighted by Gasteiger charge is 2.23. The van der Waals surface area contributed by atoms with E-state index in [9.17, 15) is 0 Å². The summed E-state index contributed by atoms with van der Waals surface area (Å²) in [7, 11) is 0. The van der Waals surface area contributed by atoms with Crippen LogP contribution in [0, 0.1) is 0 Å². The Hall–Kier alpha value is -0.960. The van der Waals surface area contributed by atoms with Crippen LogP contribution < -0.4 is 11.6 Å². The van der Waals surface area contributed by atoms with Gasteiger partial charge in [0, 0.05) is 5.54 Å². The van der Waals surface area contributed by atoms with Crippen LogP contribution in [0.4, 0.5) is 0 Å². The van der Waals surface area contributed by atoms with Gasteiger partial charge in [-0.05, 0) is 46.1 Å². The first kappa shape index (κ1) is 11.1. The molecule has 0 aromatic carbocycles. The Bertz CT molecular complexity index is 281. The van der Waals surface area contributed by atoms with Gasteiger partial charge < -0.3 is 10.7 Å². The highest BCUT2D eigenvalue weighted by atomic mass is 15.4. The molecule has 0 amide bonds. The Balaban J connectivity index is 2.94. The first-order chi connectivity index (χ1) is 6.34. The Morgan fingerprint density at radius 3 is 2.43 bits per heavy atom. The summed E-state index contributed by atoms with van der Waals surface area (Å²) in [4.78, 5) is 0. The van der Waals surface area contributed by atoms with Crippen LogP contribution in [-0.2, 0) is 0 Å². The van der Waals surface area contributed by atoms with Crippen LogP contribution in [0.2, 0.25) is 0 Å². The van der Waals surface area contributed by atoms with E-state index in [1.807, 2.05) is 0 Å². The highest BCUT2D eigenvalue weighted by molar-refractivity contribution is 5.34. The van der Waals surface area contributed by atoms with Crippen molar-refractivity contribution in [2.75, 3.05) is 0 Å². The predicted octanol–water partition coefficient (Wildman–Crippen LogP) is 1.87. The van der Waals surface area contributed by atoms with E-state index in [4.69, 9.17) is 11.6 Å². The van der Waals surface area contributed by atoms with Crippen molar-refractivity contribution in [1.82, 2.24) is 5.01 Å². The van der Waals surface area contributed by atoms with Crippen LogP contribution in [0.15, 0.2) is 23.0 Å². The fourth-order valence-electron chi connectivity index (χ4n) is 1.48. The summed E-state index contributed by atoms with van der Waals surface area (Å²) in [6.07, 6.45) is 4.20. The second-order valence-corrected chi connectivity index (χ2v) is 4.86. The summed E-state index contributed by atoms with van der Waals surface area (Å²) >= 11 is 0. The molecule has 80 valence electrons. The van der Waals surface area contributed by atoms with Gasteiger partial charge in [-0.1, -0.05) is 6.08 Å². The maximum Gasteiger partial charge on any atom is 0.0712 e. The van der Waals surface area contributed by atoms with Crippen molar-refractivity contribution in [2.24, 2.45) is 11.6 Å². The second-order valence-electron chi connectivity index (χ2n) is 4.86. The highest BCUT2D eigenvalue weighted by Crippen LogP contribution is 2.26. The quantitative estimate of drug-likeness (QED) is 0.496. The minimum atomic E-state index is -0.0892. The summed E-state index contributed by atoms with van der Waals surface area (Å²) in [5, 5.41) is 1.75. The lowest BCUT2D eigenvalue weighted by atomic mass is 9.98. The zero-order valence-corrected chi connectivity index (χ0v) is 9.59. The summed E-state index contributed by atoms with van der Waals surface area (Å²) < 4.78 is 0. The van der Waals surface area contributed by atoms with Crippen LogP contribution in [0.5, 0.6) is 0 Å². The first-order valence-corrected chi connectivity index (χ1v) is 5.04. The molecule has 3 nitrogen and oxygen atoms in total. The van der Waals surface area contributed by atoms with Crippen LogP contribution >= 0.6 is 0 Å². The molecule has 14 heavy (non-hydrogen) atoms. The van der Waals surface area contributed by atoms with E-state index in [-0.39, 0.29) is 5.54 Å². The van der Waals surface area contributed by atoms with Crippen LogP contribution in [0.25, 0.3) is 0 Å². The molecule has 0 spiro atoms. The minimum Gasteiger partial charge on any atom is -0.397 e. The Morgan fingerprint density at radius 1 is 1.36 bits per heavy atom. The summed E-state index contributed by atoms with van der Waals surface area (Å²) in [5.74, 6) is 6.03. The molecule has 0 aromatic rings. The van der Waals surface area contributed by atoms with E-state index in [1.165, 1.54) is 5.57 Å². The van der Waals surface area contributed by atoms with Crippen LogP contribution in [-0.4, -0.2) is 10.5 Å². The molecule has 1 rings (SSSR count). The van der Waals surface area contributed by atoms with Crippen molar-refractivity contribution >= 4 is 0 Å². The SMILES string of the molecule is CC1=C(N)C(N(N)C(C)(C)C)=CCC1. The number of nitrogens with zero attached hydrogens (tertiary/aromatic N) is 1. The number of nitrogens with two attached hydrogens (primary N) is 2. The molecule has 1 aliphatic rings. The molecule has 4 N–H and O–H groups in total. The molecule has 0 aliphatic heterocycles. The number of rotatable bonds is 1. The van der Waals surface area contributed by atoms with E-state index in [1.54, 1.807) is 5.01 Å². The molecule has 1 aliphatic carbocycles. The molecule has 0 fully saturated rings. The predicted molar refractivity (Wildman–Crippen MR) is 60.0 cm³/mol. The maximum absolute atomic E-state index is 6.03. The molecule has 0 bridgehead atoms. The van der Waals surface area contributed by atoms with Gasteiger partial charge in [0.1, 0.15) is 0 Å². The first-order valence-electron chi connectivity index (χ1n) is 5.04. The number of hydrogen-bond donors (Lipinski definition) is 2. The summed E-state index contributed by atoms with van der Waals surface area (Å²) in [6, 6.07) is 0. The molecule has 0 radical (unpaired) electrons. The van der Waals surface area contributed by atoms with E-state index >= 15 is 0 Å². The monoisotopic (exact) mass is 195 g/mol. The van der Waals surface area contributed by atoms with E-state index in [2.05, 4.69) is 33.8 Å². The Morgan fingerprint density at radius 2 is 1.93 bits per heavy atom. The van der Waals surface area contributed by atoms with Gasteiger partial charge in [-0.2, -0.15) is 0 Å². The van der Waals surface area contributed by atoms with Crippen molar-refractivity contribution in [1.29, 1.82) is 0 Å². The normalized spacial score (nSPS) is 18.2. The Labute approximate surface area is 86.4 Å². The molecule has 0 atom stereocenters. The van der Waals surface area contributed by atoms with Gasteiger partial charge in [0.05, 0.1) is 11.4 Å². The fourth-order valence-corrected chi connectivity index (χ4v) is 1.48. The van der Waals surface area contributed by atoms with E-state index < -0.39 is 0 Å². The molecule has 3 heteroatoms. The minimum absolute atomic E-state index is 0.0892. The van der Waals surface area contributed by atoms with Gasteiger partial charge in [0.25, 0.3) is 0 Å². The lowest BCUT2D eigenvalue weighted by Gasteiger charge is -2.36. The van der Waals surface area contributed by atoms with Gasteiger partial charge in [-0.25, -0.2) is 5.84 Å². The summed E-state index contributed by atoms with van der Waals surface area (Å²) in [5.41, 5.74) is 8.97. The third-order valence-electron chi connectivity index (χ3n) is 2.58. The molecular formula is C11H21N3. The van der Waals surface area contributed by atoms with E-state index in [0.29, 0.717) is 0 Å². The molecule has 0 saturated carbocycles. The maximum atomic E-state index is 6.03. The number of hydrazine groups is 1. The van der Waals surface area contributed by atoms with Crippen molar-refractivity contribution < 1.29 is 0 Å². The lowest BCUT2D eigenvalue weighted by Crippen LogP contribution is -2.47. The standard InChI is InChI=1S/C11H21N3/c1-8-6-5-7-9(10(8)12)14(13)11(2,3)4/h7H,5-6,12-13H2,1-4H3. The van der Waals surface area contributed by atoms with Crippen molar-refractivity contribution in [3.8, 4) is 0 Å². The number of hydrogen-bond acceptors (Lipinski definition) is 3. The zero-order chi connectivity index (χ0) is 10.9. The van der Waals surface area contributed by atoms with Crippen molar-refractivity contribution in [2.45, 2.75) is 46.1 Å². The lowest BCUT2D eigenvalue weighted by molar-refractivity contribution is 0.191. The largest absolute Gasteiger partial charge is 0.397 e. The molecule has 0 unspecified atom stereocenters. The molecular weight excluding hydrogens is 174 g/mol. The van der Waals surface area contributed by atoms with Crippen molar-refractivity contribution in [3.63, 3.8) is 0 Å². The Kier molecular flexibility index (Phi) is 2.90. The van der Waals surface area contributed by atoms with Crippen LogP contribution in [0.1, 0.15) is 40.5 Å². The van der Waals surface area contributed by atoms with Gasteiger partial charge >= 0.3 is 0 Å². The third kappa shape index (κ3) is 2.10. The molecule has 0 heterocycles. The smallest absolute Gasteiger partial charge is 0.0712 e. The van der Waals surface area contributed by atoms with E-state index in [0.717, 1.165) is 24.2 Å². The average Bonchev–Trinajstić information content (AvgIpc) is 2.07. The van der Waals surface area contributed by atoms with Gasteiger partial charge in [-0.15, -0.1) is 0 Å². The molecule has 0 saturated heterocycles. The summed E-state index contributed by atoms with van der Waals surface area (Å²) in [6.45, 7) is 8.29. The third-order valence-corrected chi connectivity index (χ3v) is 2.58. The fraction of sp³-hybridized carbons (Fsp3) is 0.636. The van der Waals surface area contributed by atoms with Crippen molar-refractivity contribution in [3.05, 3.63) is 23.0 Å². The van der Waals surface area contributed by atoms with Crippen LogP contribution in [0.3, 0.4) is 0 Å². The van der Waals surface area contributed by atoms with Gasteiger partial charge in [-0.3, -0.25) is 0 Å².